The first-order valence-electron chi connectivity index (χ1n) is 12.8. The molecule has 5 nitrogen and oxygen atoms in total. The van der Waals surface area contributed by atoms with E-state index >= 15 is 0 Å². The van der Waals surface area contributed by atoms with Crippen LogP contribution in [0.15, 0.2) is 103 Å². The maximum atomic E-state index is 13.4. The van der Waals surface area contributed by atoms with Crippen molar-refractivity contribution in [3.63, 3.8) is 0 Å². The molecule has 0 spiro atoms. The van der Waals surface area contributed by atoms with Gasteiger partial charge in [-0.25, -0.2) is 0 Å². The lowest BCUT2D eigenvalue weighted by atomic mass is 9.98. The van der Waals surface area contributed by atoms with Crippen molar-refractivity contribution in [1.82, 2.24) is 5.32 Å². The summed E-state index contributed by atoms with van der Waals surface area (Å²) >= 11 is 0. The molecule has 37 heavy (non-hydrogen) atoms. The SMILES string of the molecule is O=C(Cc1ccccc1)Nc1ccc(N2CCc3ccccc3C2)c(C(=O)NCCc2ccccc2)c1. The Bertz CT molecular complexity index is 1370. The average Bonchev–Trinajstić information content (AvgIpc) is 2.94. The monoisotopic (exact) mass is 489 g/mol. The highest BCUT2D eigenvalue weighted by molar-refractivity contribution is 6.02. The van der Waals surface area contributed by atoms with Crippen molar-refractivity contribution >= 4 is 23.2 Å². The number of carbonyl (C=O) groups excluding carboxylic acids is 2. The smallest absolute Gasteiger partial charge is 0.253 e. The molecule has 2 amide bonds. The van der Waals surface area contributed by atoms with Gasteiger partial charge in [0.15, 0.2) is 0 Å². The lowest BCUT2D eigenvalue weighted by Crippen LogP contribution is -2.33. The van der Waals surface area contributed by atoms with Gasteiger partial charge in [-0.15, -0.1) is 0 Å². The largest absolute Gasteiger partial charge is 0.366 e. The molecule has 0 bridgehead atoms. The first-order chi connectivity index (χ1) is 18.2. The number of rotatable bonds is 8. The van der Waals surface area contributed by atoms with Crippen LogP contribution in [0.2, 0.25) is 0 Å². The minimum atomic E-state index is -0.135. The van der Waals surface area contributed by atoms with Crippen LogP contribution in [0, 0.1) is 0 Å². The van der Waals surface area contributed by atoms with Crippen molar-refractivity contribution in [3.8, 4) is 0 Å². The van der Waals surface area contributed by atoms with Crippen LogP contribution < -0.4 is 15.5 Å². The van der Waals surface area contributed by atoms with Gasteiger partial charge in [-0.05, 0) is 53.3 Å². The number of anilines is 2. The summed E-state index contributed by atoms with van der Waals surface area (Å²) in [6.45, 7) is 2.12. The molecule has 0 aliphatic carbocycles. The van der Waals surface area contributed by atoms with Gasteiger partial charge >= 0.3 is 0 Å². The van der Waals surface area contributed by atoms with Crippen LogP contribution in [0.3, 0.4) is 0 Å². The second kappa shape index (κ2) is 11.6. The summed E-state index contributed by atoms with van der Waals surface area (Å²) in [5, 5.41) is 6.06. The van der Waals surface area contributed by atoms with E-state index in [-0.39, 0.29) is 18.2 Å². The van der Waals surface area contributed by atoms with Crippen LogP contribution in [0.5, 0.6) is 0 Å². The Morgan fingerprint density at radius 3 is 2.19 bits per heavy atom. The predicted molar refractivity (Wildman–Crippen MR) is 149 cm³/mol. The lowest BCUT2D eigenvalue weighted by molar-refractivity contribution is -0.115. The molecular weight excluding hydrogens is 458 g/mol. The van der Waals surface area contributed by atoms with E-state index < -0.39 is 0 Å². The first-order valence-corrected chi connectivity index (χ1v) is 12.8. The third-order valence-corrected chi connectivity index (χ3v) is 6.75. The minimum absolute atomic E-state index is 0.110. The molecule has 5 heteroatoms. The Morgan fingerprint density at radius 2 is 1.43 bits per heavy atom. The highest BCUT2D eigenvalue weighted by atomic mass is 16.2. The molecule has 0 fully saturated rings. The van der Waals surface area contributed by atoms with Gasteiger partial charge in [-0.2, -0.15) is 0 Å². The van der Waals surface area contributed by atoms with Crippen LogP contribution in [0.25, 0.3) is 0 Å². The number of fused-ring (bicyclic) bond motifs is 1. The molecule has 1 aliphatic heterocycles. The maximum absolute atomic E-state index is 13.4. The molecule has 0 saturated carbocycles. The number of hydrogen-bond acceptors (Lipinski definition) is 3. The van der Waals surface area contributed by atoms with E-state index in [2.05, 4.69) is 51.9 Å². The maximum Gasteiger partial charge on any atom is 0.253 e. The molecule has 5 rings (SSSR count). The molecule has 1 heterocycles. The van der Waals surface area contributed by atoms with E-state index in [0.29, 0.717) is 17.8 Å². The Kier molecular flexibility index (Phi) is 7.60. The standard InChI is InChI=1S/C32H31N3O2/c36-31(21-25-11-5-2-6-12-25)34-28-15-16-30(35-20-18-26-13-7-8-14-27(26)23-35)29(22-28)32(37)33-19-17-24-9-3-1-4-10-24/h1-16,22H,17-21,23H2,(H,33,37)(H,34,36). The number of amides is 2. The summed E-state index contributed by atoms with van der Waals surface area (Å²) in [5.41, 5.74) is 6.84. The summed E-state index contributed by atoms with van der Waals surface area (Å²) in [7, 11) is 0. The van der Waals surface area contributed by atoms with Gasteiger partial charge < -0.3 is 15.5 Å². The molecule has 2 N–H and O–H groups in total. The van der Waals surface area contributed by atoms with Crippen molar-refractivity contribution in [2.75, 3.05) is 23.3 Å². The van der Waals surface area contributed by atoms with Crippen molar-refractivity contribution in [1.29, 1.82) is 0 Å². The van der Waals surface area contributed by atoms with Gasteiger partial charge in [0.25, 0.3) is 5.91 Å². The number of carbonyl (C=O) groups is 2. The number of nitrogens with one attached hydrogen (secondary N) is 2. The van der Waals surface area contributed by atoms with E-state index in [1.54, 1.807) is 6.07 Å². The Balaban J connectivity index is 1.35. The van der Waals surface area contributed by atoms with E-state index in [1.165, 1.54) is 16.7 Å². The van der Waals surface area contributed by atoms with Gasteiger partial charge in [0, 0.05) is 31.0 Å². The summed E-state index contributed by atoms with van der Waals surface area (Å²) in [6, 6.07) is 33.9. The van der Waals surface area contributed by atoms with Gasteiger partial charge in [0.05, 0.1) is 12.0 Å². The molecule has 0 aromatic heterocycles. The number of hydrogen-bond donors (Lipinski definition) is 2. The van der Waals surface area contributed by atoms with Gasteiger partial charge in [0.2, 0.25) is 5.91 Å². The van der Waals surface area contributed by atoms with Crippen molar-refractivity contribution < 1.29 is 9.59 Å². The molecule has 0 radical (unpaired) electrons. The molecule has 0 unspecified atom stereocenters. The summed E-state index contributed by atoms with van der Waals surface area (Å²) < 4.78 is 0. The average molecular weight is 490 g/mol. The fourth-order valence-corrected chi connectivity index (χ4v) is 4.82. The van der Waals surface area contributed by atoms with Gasteiger partial charge in [-0.1, -0.05) is 84.9 Å². The van der Waals surface area contributed by atoms with Crippen LogP contribution in [-0.4, -0.2) is 24.9 Å². The van der Waals surface area contributed by atoms with E-state index in [1.807, 2.05) is 60.7 Å². The van der Waals surface area contributed by atoms with Crippen molar-refractivity contribution in [3.05, 3.63) is 131 Å². The molecule has 0 saturated heterocycles. The Morgan fingerprint density at radius 1 is 0.757 bits per heavy atom. The highest BCUT2D eigenvalue weighted by Crippen LogP contribution is 2.29. The second-order valence-corrected chi connectivity index (χ2v) is 9.37. The van der Waals surface area contributed by atoms with Gasteiger partial charge in [-0.3, -0.25) is 9.59 Å². The zero-order valence-electron chi connectivity index (χ0n) is 20.8. The fraction of sp³-hybridized carbons (Fsp3) is 0.188. The summed E-state index contributed by atoms with van der Waals surface area (Å²) in [6.07, 6.45) is 1.97. The topological polar surface area (TPSA) is 61.4 Å². The van der Waals surface area contributed by atoms with Crippen molar-refractivity contribution in [2.45, 2.75) is 25.8 Å². The van der Waals surface area contributed by atoms with Crippen LogP contribution in [-0.2, 0) is 30.6 Å². The molecule has 0 atom stereocenters. The second-order valence-electron chi connectivity index (χ2n) is 9.37. The third kappa shape index (κ3) is 6.25. The van der Waals surface area contributed by atoms with Gasteiger partial charge in [0.1, 0.15) is 0 Å². The molecule has 1 aliphatic rings. The van der Waals surface area contributed by atoms with E-state index in [4.69, 9.17) is 0 Å². The van der Waals surface area contributed by atoms with Crippen LogP contribution in [0.1, 0.15) is 32.6 Å². The first kappa shape index (κ1) is 24.3. The van der Waals surface area contributed by atoms with Crippen LogP contribution >= 0.6 is 0 Å². The highest BCUT2D eigenvalue weighted by Gasteiger charge is 2.22. The summed E-state index contributed by atoms with van der Waals surface area (Å²) in [4.78, 5) is 28.4. The van der Waals surface area contributed by atoms with Crippen LogP contribution in [0.4, 0.5) is 11.4 Å². The fourth-order valence-electron chi connectivity index (χ4n) is 4.82. The molecule has 186 valence electrons. The quantitative estimate of drug-likeness (QED) is 0.348. The zero-order valence-corrected chi connectivity index (χ0v) is 20.8. The summed E-state index contributed by atoms with van der Waals surface area (Å²) in [5.74, 6) is -0.245. The predicted octanol–water partition coefficient (Wildman–Crippen LogP) is 5.40. The zero-order chi connectivity index (χ0) is 25.5. The molecule has 4 aromatic carbocycles. The number of nitrogens with zero attached hydrogens (tertiary/aromatic N) is 1. The molecule has 4 aromatic rings. The van der Waals surface area contributed by atoms with E-state index in [0.717, 1.165) is 37.2 Å². The minimum Gasteiger partial charge on any atom is -0.366 e. The van der Waals surface area contributed by atoms with Crippen molar-refractivity contribution in [2.24, 2.45) is 0 Å². The molecular formula is C32H31N3O2. The normalized spacial score (nSPS) is 12.5. The van der Waals surface area contributed by atoms with E-state index in [9.17, 15) is 9.59 Å². The Hall–Kier alpha value is -4.38. The number of benzene rings is 4. The lowest BCUT2D eigenvalue weighted by Gasteiger charge is -2.32. The Labute approximate surface area is 218 Å². The third-order valence-electron chi connectivity index (χ3n) is 6.75.